The van der Waals surface area contributed by atoms with Gasteiger partial charge in [-0.05, 0) is 54.7 Å². The lowest BCUT2D eigenvalue weighted by molar-refractivity contribution is 0.0941. The van der Waals surface area contributed by atoms with Gasteiger partial charge in [0.1, 0.15) is 11.4 Å². The number of rotatable bonds is 7. The third-order valence-electron chi connectivity index (χ3n) is 5.64. The van der Waals surface area contributed by atoms with Crippen molar-refractivity contribution in [3.05, 3.63) is 66.0 Å². The van der Waals surface area contributed by atoms with Crippen LogP contribution >= 0.6 is 0 Å². The number of aromatic nitrogens is 4. The SMILES string of the molecule is COc1cccc(CNC(=O)c2c3ccc(-c4ccnc(N)n4)cc3nn2CC2CC2)c1. The van der Waals surface area contributed by atoms with Gasteiger partial charge in [0.2, 0.25) is 5.95 Å². The maximum absolute atomic E-state index is 13.2. The van der Waals surface area contributed by atoms with E-state index in [4.69, 9.17) is 15.6 Å². The summed E-state index contributed by atoms with van der Waals surface area (Å²) in [4.78, 5) is 21.5. The number of fused-ring (bicyclic) bond motifs is 1. The molecule has 0 aliphatic heterocycles. The van der Waals surface area contributed by atoms with Crippen molar-refractivity contribution in [2.24, 2.45) is 5.92 Å². The third-order valence-corrected chi connectivity index (χ3v) is 5.64. The third kappa shape index (κ3) is 4.12. The quantitative estimate of drug-likeness (QED) is 0.467. The van der Waals surface area contributed by atoms with E-state index in [-0.39, 0.29) is 11.9 Å². The fourth-order valence-corrected chi connectivity index (χ4v) is 3.79. The molecule has 0 bridgehead atoms. The topological polar surface area (TPSA) is 108 Å². The fourth-order valence-electron chi connectivity index (χ4n) is 3.79. The molecule has 3 N–H and O–H groups in total. The molecule has 8 nitrogen and oxygen atoms in total. The Morgan fingerprint density at radius 1 is 1.22 bits per heavy atom. The Bertz CT molecular complexity index is 1290. The maximum atomic E-state index is 13.2. The van der Waals surface area contributed by atoms with Crippen LogP contribution in [0.3, 0.4) is 0 Å². The van der Waals surface area contributed by atoms with Crippen LogP contribution in [-0.4, -0.2) is 32.8 Å². The lowest BCUT2D eigenvalue weighted by Gasteiger charge is -2.09. The number of carbonyl (C=O) groups excluding carboxylic acids is 1. The van der Waals surface area contributed by atoms with Crippen molar-refractivity contribution in [1.82, 2.24) is 25.1 Å². The van der Waals surface area contributed by atoms with E-state index in [1.807, 2.05) is 47.1 Å². The summed E-state index contributed by atoms with van der Waals surface area (Å²) in [7, 11) is 1.63. The van der Waals surface area contributed by atoms with Gasteiger partial charge in [0.25, 0.3) is 5.91 Å². The molecule has 1 amide bonds. The van der Waals surface area contributed by atoms with Crippen molar-refractivity contribution < 1.29 is 9.53 Å². The first-order valence-corrected chi connectivity index (χ1v) is 10.6. The second-order valence-corrected chi connectivity index (χ2v) is 8.04. The number of benzene rings is 2. The summed E-state index contributed by atoms with van der Waals surface area (Å²) < 4.78 is 7.12. The molecule has 2 aromatic carbocycles. The first kappa shape index (κ1) is 20.0. The van der Waals surface area contributed by atoms with Crippen LogP contribution < -0.4 is 15.8 Å². The van der Waals surface area contributed by atoms with Gasteiger partial charge in [0.15, 0.2) is 0 Å². The van der Waals surface area contributed by atoms with Crippen LogP contribution in [0, 0.1) is 5.92 Å². The van der Waals surface area contributed by atoms with Gasteiger partial charge >= 0.3 is 0 Å². The summed E-state index contributed by atoms with van der Waals surface area (Å²) in [6.07, 6.45) is 3.98. The molecule has 5 rings (SSSR count). The second-order valence-electron chi connectivity index (χ2n) is 8.04. The zero-order chi connectivity index (χ0) is 22.1. The first-order chi connectivity index (χ1) is 15.6. The van der Waals surface area contributed by atoms with Gasteiger partial charge in [-0.15, -0.1) is 0 Å². The summed E-state index contributed by atoms with van der Waals surface area (Å²) >= 11 is 0. The number of ether oxygens (including phenoxy) is 1. The average molecular weight is 428 g/mol. The van der Waals surface area contributed by atoms with E-state index in [1.165, 1.54) is 12.8 Å². The van der Waals surface area contributed by atoms with Crippen LogP contribution in [0.1, 0.15) is 28.9 Å². The van der Waals surface area contributed by atoms with Gasteiger partial charge in [0.05, 0.1) is 18.3 Å². The monoisotopic (exact) mass is 428 g/mol. The van der Waals surface area contributed by atoms with Gasteiger partial charge in [-0.1, -0.05) is 18.2 Å². The van der Waals surface area contributed by atoms with Crippen molar-refractivity contribution in [2.45, 2.75) is 25.9 Å². The lowest BCUT2D eigenvalue weighted by Crippen LogP contribution is -2.26. The number of amides is 1. The minimum Gasteiger partial charge on any atom is -0.497 e. The number of carbonyl (C=O) groups is 1. The van der Waals surface area contributed by atoms with Crippen molar-refractivity contribution in [1.29, 1.82) is 0 Å². The van der Waals surface area contributed by atoms with Crippen molar-refractivity contribution in [2.75, 3.05) is 12.8 Å². The number of nitrogens with two attached hydrogens (primary N) is 1. The van der Waals surface area contributed by atoms with Gasteiger partial charge in [-0.2, -0.15) is 5.10 Å². The number of hydrogen-bond acceptors (Lipinski definition) is 6. The van der Waals surface area contributed by atoms with Crippen LogP contribution in [0.15, 0.2) is 54.7 Å². The maximum Gasteiger partial charge on any atom is 0.270 e. The lowest BCUT2D eigenvalue weighted by atomic mass is 10.1. The summed E-state index contributed by atoms with van der Waals surface area (Å²) in [6.45, 7) is 1.15. The molecule has 1 fully saturated rings. The van der Waals surface area contributed by atoms with Gasteiger partial charge in [-0.25, -0.2) is 9.97 Å². The van der Waals surface area contributed by atoms with E-state index < -0.39 is 0 Å². The van der Waals surface area contributed by atoms with E-state index in [9.17, 15) is 4.79 Å². The molecule has 0 unspecified atom stereocenters. The molecule has 1 aliphatic rings. The highest BCUT2D eigenvalue weighted by Crippen LogP contribution is 2.32. The number of nitrogens with zero attached hydrogens (tertiary/aromatic N) is 4. The standard InChI is InChI=1S/C24H24N6O2/c1-32-18-4-2-3-16(11-18)13-27-23(31)22-19-8-7-17(20-9-10-26-24(25)28-20)12-21(19)29-30(22)14-15-5-6-15/h2-4,7-12,15H,5-6,13-14H2,1H3,(H,27,31)(H2,25,26,28). The number of nitrogen functional groups attached to an aromatic ring is 1. The molecule has 1 saturated carbocycles. The van der Waals surface area contributed by atoms with Crippen molar-refractivity contribution in [3.8, 4) is 17.0 Å². The second kappa shape index (κ2) is 8.30. The summed E-state index contributed by atoms with van der Waals surface area (Å²) in [5.41, 5.74) is 9.65. The highest BCUT2D eigenvalue weighted by molar-refractivity contribution is 6.05. The number of methoxy groups -OCH3 is 1. The molecule has 0 atom stereocenters. The Labute approximate surface area is 185 Å². The molecule has 0 saturated heterocycles. The highest BCUT2D eigenvalue weighted by Gasteiger charge is 2.26. The van der Waals surface area contributed by atoms with Crippen LogP contribution in [0.2, 0.25) is 0 Å². The molecule has 0 spiro atoms. The van der Waals surface area contributed by atoms with Crippen LogP contribution in [0.25, 0.3) is 22.2 Å². The van der Waals surface area contributed by atoms with E-state index in [0.717, 1.165) is 40.0 Å². The number of nitrogens with one attached hydrogen (secondary N) is 1. The van der Waals surface area contributed by atoms with Crippen LogP contribution in [-0.2, 0) is 13.1 Å². The predicted octanol–water partition coefficient (Wildman–Crippen LogP) is 3.42. The van der Waals surface area contributed by atoms with E-state index in [0.29, 0.717) is 18.2 Å². The molecule has 2 aromatic heterocycles. The van der Waals surface area contributed by atoms with Crippen molar-refractivity contribution in [3.63, 3.8) is 0 Å². The number of anilines is 1. The number of hydrogen-bond donors (Lipinski definition) is 2. The Kier molecular flexibility index (Phi) is 5.18. The molecule has 0 radical (unpaired) electrons. The largest absolute Gasteiger partial charge is 0.497 e. The normalized spacial score (nSPS) is 13.3. The predicted molar refractivity (Wildman–Crippen MR) is 122 cm³/mol. The van der Waals surface area contributed by atoms with E-state index in [2.05, 4.69) is 15.3 Å². The van der Waals surface area contributed by atoms with Gasteiger partial charge < -0.3 is 15.8 Å². The smallest absolute Gasteiger partial charge is 0.270 e. The molecular formula is C24H24N6O2. The van der Waals surface area contributed by atoms with Crippen molar-refractivity contribution >= 4 is 22.8 Å². The Hall–Kier alpha value is -3.94. The molecule has 1 aliphatic carbocycles. The highest BCUT2D eigenvalue weighted by atomic mass is 16.5. The van der Waals surface area contributed by atoms with E-state index >= 15 is 0 Å². The van der Waals surface area contributed by atoms with Gasteiger partial charge in [-0.3, -0.25) is 9.48 Å². The minimum absolute atomic E-state index is 0.144. The summed E-state index contributed by atoms with van der Waals surface area (Å²) in [5.74, 6) is 1.42. The van der Waals surface area contributed by atoms with Gasteiger partial charge in [0, 0.05) is 30.2 Å². The Morgan fingerprint density at radius 3 is 2.88 bits per heavy atom. The fraction of sp³-hybridized carbons (Fsp3) is 0.250. The summed E-state index contributed by atoms with van der Waals surface area (Å²) in [6, 6.07) is 15.3. The zero-order valence-corrected chi connectivity index (χ0v) is 17.8. The first-order valence-electron chi connectivity index (χ1n) is 10.6. The molecule has 32 heavy (non-hydrogen) atoms. The molecular weight excluding hydrogens is 404 g/mol. The van der Waals surface area contributed by atoms with Crippen LogP contribution in [0.4, 0.5) is 5.95 Å². The van der Waals surface area contributed by atoms with Crippen LogP contribution in [0.5, 0.6) is 5.75 Å². The van der Waals surface area contributed by atoms with E-state index in [1.54, 1.807) is 19.4 Å². The molecule has 4 aromatic rings. The molecule has 162 valence electrons. The summed E-state index contributed by atoms with van der Waals surface area (Å²) in [5, 5.41) is 8.63. The Morgan fingerprint density at radius 2 is 2.09 bits per heavy atom. The average Bonchev–Trinajstić information content (AvgIpc) is 3.55. The molecule has 8 heteroatoms. The Balaban J connectivity index is 1.46. The zero-order valence-electron chi connectivity index (χ0n) is 17.8. The molecule has 2 heterocycles. The minimum atomic E-state index is -0.144.